The Bertz CT molecular complexity index is 683. The van der Waals surface area contributed by atoms with Gasteiger partial charge in [0.25, 0.3) is 0 Å². The van der Waals surface area contributed by atoms with E-state index in [1.807, 2.05) is 6.92 Å². The molecule has 1 aliphatic carbocycles. The second-order valence-electron chi connectivity index (χ2n) is 5.77. The van der Waals surface area contributed by atoms with Crippen molar-refractivity contribution >= 4 is 0 Å². The predicted molar refractivity (Wildman–Crippen MR) is 74.9 cm³/mol. The monoisotopic (exact) mass is 308 g/mol. The van der Waals surface area contributed by atoms with Gasteiger partial charge in [-0.1, -0.05) is 19.1 Å². The number of benzene rings is 1. The molecule has 1 heterocycles. The fourth-order valence-corrected chi connectivity index (χ4v) is 2.77. The summed E-state index contributed by atoms with van der Waals surface area (Å²) in [5, 5.41) is 18.4. The highest BCUT2D eigenvalue weighted by atomic mass is 19.4. The molecule has 2 atom stereocenters. The highest BCUT2D eigenvalue weighted by Crippen LogP contribution is 2.34. The van der Waals surface area contributed by atoms with Gasteiger partial charge in [-0.15, -0.1) is 0 Å². The molecule has 0 spiro atoms. The standard InChI is InChI=1S/C16H15F3N2O/c1-9-6-14-12(15(22)7-9)8-13(20-21-14)10-2-4-11(5-3-10)16(17,18)19/h2-5,8-9,15,22H,6-7H2,1H3. The third-order valence-electron chi connectivity index (χ3n) is 3.94. The molecular weight excluding hydrogens is 293 g/mol. The van der Waals surface area contributed by atoms with Crippen LogP contribution in [0.2, 0.25) is 0 Å². The van der Waals surface area contributed by atoms with Crippen molar-refractivity contribution in [2.75, 3.05) is 0 Å². The molecule has 0 aliphatic heterocycles. The summed E-state index contributed by atoms with van der Waals surface area (Å²) in [6.07, 6.45) is -3.54. The summed E-state index contributed by atoms with van der Waals surface area (Å²) in [4.78, 5) is 0. The third kappa shape index (κ3) is 2.83. The van der Waals surface area contributed by atoms with Crippen LogP contribution in [-0.4, -0.2) is 15.3 Å². The molecule has 3 nitrogen and oxygen atoms in total. The first-order chi connectivity index (χ1) is 10.3. The van der Waals surface area contributed by atoms with Crippen LogP contribution in [0.1, 0.15) is 36.3 Å². The van der Waals surface area contributed by atoms with Crippen LogP contribution in [0, 0.1) is 5.92 Å². The number of fused-ring (bicyclic) bond motifs is 1. The van der Waals surface area contributed by atoms with Gasteiger partial charge in [-0.25, -0.2) is 0 Å². The maximum atomic E-state index is 12.6. The van der Waals surface area contributed by atoms with E-state index in [1.54, 1.807) is 6.07 Å². The van der Waals surface area contributed by atoms with E-state index in [9.17, 15) is 18.3 Å². The van der Waals surface area contributed by atoms with Crippen molar-refractivity contribution in [1.82, 2.24) is 10.2 Å². The number of hydrogen-bond donors (Lipinski definition) is 1. The first-order valence-corrected chi connectivity index (χ1v) is 7.07. The van der Waals surface area contributed by atoms with Crippen LogP contribution in [0.4, 0.5) is 13.2 Å². The Morgan fingerprint density at radius 2 is 1.82 bits per heavy atom. The van der Waals surface area contributed by atoms with Gasteiger partial charge in [0, 0.05) is 11.1 Å². The Hall–Kier alpha value is -1.95. The van der Waals surface area contributed by atoms with Crippen molar-refractivity contribution in [2.45, 2.75) is 32.0 Å². The Morgan fingerprint density at radius 1 is 1.14 bits per heavy atom. The molecule has 0 saturated carbocycles. The summed E-state index contributed by atoms with van der Waals surface area (Å²) >= 11 is 0. The minimum Gasteiger partial charge on any atom is -0.388 e. The van der Waals surface area contributed by atoms with Crippen LogP contribution in [0.5, 0.6) is 0 Å². The molecule has 0 fully saturated rings. The third-order valence-corrected chi connectivity index (χ3v) is 3.94. The second-order valence-corrected chi connectivity index (χ2v) is 5.77. The summed E-state index contributed by atoms with van der Waals surface area (Å²) in [5.74, 6) is 0.341. The zero-order chi connectivity index (χ0) is 15.9. The van der Waals surface area contributed by atoms with E-state index >= 15 is 0 Å². The Morgan fingerprint density at radius 3 is 2.45 bits per heavy atom. The largest absolute Gasteiger partial charge is 0.416 e. The maximum absolute atomic E-state index is 12.6. The summed E-state index contributed by atoms with van der Waals surface area (Å²) in [7, 11) is 0. The average molecular weight is 308 g/mol. The molecular formula is C16H15F3N2O. The molecule has 1 aliphatic rings. The molecule has 6 heteroatoms. The molecule has 0 amide bonds. The Labute approximate surface area is 125 Å². The lowest BCUT2D eigenvalue weighted by molar-refractivity contribution is -0.137. The number of aromatic nitrogens is 2. The van der Waals surface area contributed by atoms with Crippen LogP contribution in [0.3, 0.4) is 0 Å². The topological polar surface area (TPSA) is 46.0 Å². The van der Waals surface area contributed by atoms with Gasteiger partial charge in [-0.05, 0) is 37.0 Å². The fourth-order valence-electron chi connectivity index (χ4n) is 2.77. The normalized spacial score (nSPS) is 21.5. The van der Waals surface area contributed by atoms with Crippen LogP contribution >= 0.6 is 0 Å². The van der Waals surface area contributed by atoms with Crippen LogP contribution in [0.25, 0.3) is 11.3 Å². The second kappa shape index (κ2) is 5.35. The van der Waals surface area contributed by atoms with Gasteiger partial charge in [-0.3, -0.25) is 0 Å². The van der Waals surface area contributed by atoms with Crippen molar-refractivity contribution in [3.63, 3.8) is 0 Å². The summed E-state index contributed by atoms with van der Waals surface area (Å²) in [6.45, 7) is 2.04. The number of hydrogen-bond acceptors (Lipinski definition) is 3. The minimum atomic E-state index is -4.35. The first-order valence-electron chi connectivity index (χ1n) is 7.07. The zero-order valence-corrected chi connectivity index (χ0v) is 11.9. The van der Waals surface area contributed by atoms with Gasteiger partial charge in [0.05, 0.1) is 23.1 Å². The van der Waals surface area contributed by atoms with E-state index in [0.29, 0.717) is 23.6 Å². The molecule has 0 saturated heterocycles. The van der Waals surface area contributed by atoms with Crippen LogP contribution in [0.15, 0.2) is 30.3 Å². The number of halogens is 3. The smallest absolute Gasteiger partial charge is 0.388 e. The number of aliphatic hydroxyl groups excluding tert-OH is 1. The number of nitrogens with zero attached hydrogens (tertiary/aromatic N) is 2. The van der Waals surface area contributed by atoms with Crippen molar-refractivity contribution in [3.8, 4) is 11.3 Å². The number of aliphatic hydroxyl groups is 1. The molecule has 116 valence electrons. The quantitative estimate of drug-likeness (QED) is 0.872. The lowest BCUT2D eigenvalue weighted by atomic mass is 9.86. The van der Waals surface area contributed by atoms with Crippen molar-refractivity contribution in [2.24, 2.45) is 5.92 Å². The highest BCUT2D eigenvalue weighted by molar-refractivity contribution is 5.60. The van der Waals surface area contributed by atoms with E-state index in [-0.39, 0.29) is 0 Å². The lowest BCUT2D eigenvalue weighted by Crippen LogP contribution is -2.18. The van der Waals surface area contributed by atoms with Crippen molar-refractivity contribution in [1.29, 1.82) is 0 Å². The molecule has 0 bridgehead atoms. The zero-order valence-electron chi connectivity index (χ0n) is 11.9. The summed E-state index contributed by atoms with van der Waals surface area (Å²) in [5.41, 5.74) is 1.82. The Kier molecular flexibility index (Phi) is 3.64. The average Bonchev–Trinajstić information content (AvgIpc) is 2.46. The molecule has 2 aromatic rings. The number of rotatable bonds is 1. The molecule has 3 rings (SSSR count). The molecule has 1 N–H and O–H groups in total. The van der Waals surface area contributed by atoms with E-state index in [0.717, 1.165) is 29.8 Å². The van der Waals surface area contributed by atoms with Gasteiger partial charge in [0.15, 0.2) is 0 Å². The molecule has 22 heavy (non-hydrogen) atoms. The van der Waals surface area contributed by atoms with Crippen LogP contribution in [-0.2, 0) is 12.6 Å². The van der Waals surface area contributed by atoms with E-state index < -0.39 is 17.8 Å². The van der Waals surface area contributed by atoms with Gasteiger partial charge < -0.3 is 5.11 Å². The van der Waals surface area contributed by atoms with Gasteiger partial charge in [0.2, 0.25) is 0 Å². The maximum Gasteiger partial charge on any atom is 0.416 e. The van der Waals surface area contributed by atoms with Crippen LogP contribution < -0.4 is 0 Å². The van der Waals surface area contributed by atoms with Gasteiger partial charge in [-0.2, -0.15) is 23.4 Å². The van der Waals surface area contributed by atoms with Crippen molar-refractivity contribution in [3.05, 3.63) is 47.2 Å². The predicted octanol–water partition coefficient (Wildman–Crippen LogP) is 3.78. The number of alkyl halides is 3. The molecule has 1 aromatic heterocycles. The van der Waals surface area contributed by atoms with Crippen molar-refractivity contribution < 1.29 is 18.3 Å². The highest BCUT2D eigenvalue weighted by Gasteiger charge is 2.30. The van der Waals surface area contributed by atoms with Gasteiger partial charge >= 0.3 is 6.18 Å². The SMILES string of the molecule is CC1Cc2nnc(-c3ccc(C(F)(F)F)cc3)cc2C(O)C1. The molecule has 1 aromatic carbocycles. The molecule has 0 radical (unpaired) electrons. The Balaban J connectivity index is 1.95. The van der Waals surface area contributed by atoms with E-state index in [1.165, 1.54) is 12.1 Å². The molecule has 2 unspecified atom stereocenters. The van der Waals surface area contributed by atoms with E-state index in [2.05, 4.69) is 10.2 Å². The lowest BCUT2D eigenvalue weighted by Gasteiger charge is -2.25. The fraction of sp³-hybridized carbons (Fsp3) is 0.375. The van der Waals surface area contributed by atoms with Gasteiger partial charge in [0.1, 0.15) is 0 Å². The minimum absolute atomic E-state index is 0.341. The van der Waals surface area contributed by atoms with E-state index in [4.69, 9.17) is 0 Å². The first kappa shape index (κ1) is 15.0. The summed E-state index contributed by atoms with van der Waals surface area (Å²) < 4.78 is 37.7. The summed E-state index contributed by atoms with van der Waals surface area (Å²) in [6, 6.07) is 6.51.